The summed E-state index contributed by atoms with van der Waals surface area (Å²) in [6, 6.07) is 22.7. The van der Waals surface area contributed by atoms with Crippen LogP contribution in [0.5, 0.6) is 0 Å². The van der Waals surface area contributed by atoms with Crippen LogP contribution < -0.4 is 5.32 Å². The smallest absolute Gasteiger partial charge is 0.103 e. The Balaban J connectivity index is 1.82. The van der Waals surface area contributed by atoms with Gasteiger partial charge >= 0.3 is 0 Å². The molecule has 0 aliphatic rings. The lowest BCUT2D eigenvalue weighted by atomic mass is 10.0. The Kier molecular flexibility index (Phi) is 4.74. The van der Waals surface area contributed by atoms with Gasteiger partial charge in [-0.1, -0.05) is 42.5 Å². The van der Waals surface area contributed by atoms with Gasteiger partial charge in [-0.25, -0.2) is 0 Å². The molecule has 0 saturated heterocycles. The quantitative estimate of drug-likeness (QED) is 0.508. The zero-order chi connectivity index (χ0) is 19.5. The molecule has 0 amide bonds. The van der Waals surface area contributed by atoms with Crippen molar-refractivity contribution in [1.29, 1.82) is 5.26 Å². The Morgan fingerprint density at radius 3 is 2.43 bits per heavy atom. The van der Waals surface area contributed by atoms with Crippen LogP contribution in [0, 0.1) is 18.3 Å². The minimum Gasteiger partial charge on any atom is -0.377 e. The van der Waals surface area contributed by atoms with Crippen molar-refractivity contribution >= 4 is 16.6 Å². The van der Waals surface area contributed by atoms with E-state index in [0.717, 1.165) is 39.0 Å². The molecular formula is C24H20N4. The lowest BCUT2D eigenvalue weighted by Gasteiger charge is -2.18. The molecule has 4 aromatic rings. The summed E-state index contributed by atoms with van der Waals surface area (Å²) >= 11 is 0. The number of fused-ring (bicyclic) bond motifs is 1. The van der Waals surface area contributed by atoms with Gasteiger partial charge < -0.3 is 5.32 Å². The van der Waals surface area contributed by atoms with E-state index in [1.165, 1.54) is 0 Å². The number of hydrogen-bond donors (Lipinski definition) is 1. The molecule has 0 aliphatic heterocycles. The molecule has 4 rings (SSSR count). The number of anilines is 1. The Labute approximate surface area is 164 Å². The molecule has 2 aromatic heterocycles. The van der Waals surface area contributed by atoms with E-state index in [9.17, 15) is 5.26 Å². The van der Waals surface area contributed by atoms with Crippen LogP contribution in [0.25, 0.3) is 22.0 Å². The predicted molar refractivity (Wildman–Crippen MR) is 113 cm³/mol. The lowest BCUT2D eigenvalue weighted by Crippen LogP contribution is -2.08. The number of pyridine rings is 2. The molecule has 0 radical (unpaired) electrons. The number of benzene rings is 2. The fourth-order valence-electron chi connectivity index (χ4n) is 3.29. The van der Waals surface area contributed by atoms with Gasteiger partial charge in [-0.05, 0) is 43.2 Å². The summed E-state index contributed by atoms with van der Waals surface area (Å²) in [7, 11) is 0. The first kappa shape index (κ1) is 17.7. The molecule has 0 spiro atoms. The van der Waals surface area contributed by atoms with Crippen LogP contribution in [0.1, 0.15) is 29.8 Å². The maximum atomic E-state index is 9.64. The van der Waals surface area contributed by atoms with Crippen LogP contribution in [0.3, 0.4) is 0 Å². The van der Waals surface area contributed by atoms with Crippen molar-refractivity contribution in [2.45, 2.75) is 19.9 Å². The van der Waals surface area contributed by atoms with E-state index >= 15 is 0 Å². The molecular weight excluding hydrogens is 344 g/mol. The first-order valence-electron chi connectivity index (χ1n) is 9.23. The lowest BCUT2D eigenvalue weighted by molar-refractivity contribution is 0.885. The van der Waals surface area contributed by atoms with Crippen LogP contribution in [0.15, 0.2) is 73.1 Å². The Bertz CT molecular complexity index is 1160. The van der Waals surface area contributed by atoms with Gasteiger partial charge in [0.2, 0.25) is 0 Å². The molecule has 2 aromatic carbocycles. The number of nitrogens with zero attached hydrogens (tertiary/aromatic N) is 3. The van der Waals surface area contributed by atoms with Gasteiger partial charge in [-0.2, -0.15) is 5.26 Å². The SMILES string of the molecule is Cc1ccc(-c2ccc3ncc(C#N)c(NC(C)c4ccccc4)c3c2)cn1. The highest BCUT2D eigenvalue weighted by atomic mass is 14.9. The number of aryl methyl sites for hydroxylation is 1. The monoisotopic (exact) mass is 364 g/mol. The summed E-state index contributed by atoms with van der Waals surface area (Å²) in [6.45, 7) is 4.07. The van der Waals surface area contributed by atoms with E-state index in [-0.39, 0.29) is 6.04 Å². The Morgan fingerprint density at radius 1 is 0.929 bits per heavy atom. The number of nitrogens with one attached hydrogen (secondary N) is 1. The van der Waals surface area contributed by atoms with Crippen LogP contribution in [-0.2, 0) is 0 Å². The zero-order valence-electron chi connectivity index (χ0n) is 15.8. The summed E-state index contributed by atoms with van der Waals surface area (Å²) in [5.74, 6) is 0. The molecule has 4 nitrogen and oxygen atoms in total. The molecule has 1 unspecified atom stereocenters. The Hall–Kier alpha value is -3.71. The summed E-state index contributed by atoms with van der Waals surface area (Å²) in [4.78, 5) is 8.86. The molecule has 2 heterocycles. The summed E-state index contributed by atoms with van der Waals surface area (Å²) < 4.78 is 0. The summed E-state index contributed by atoms with van der Waals surface area (Å²) in [6.07, 6.45) is 3.51. The van der Waals surface area contributed by atoms with Crippen LogP contribution in [0.4, 0.5) is 5.69 Å². The molecule has 28 heavy (non-hydrogen) atoms. The van der Waals surface area contributed by atoms with Gasteiger partial charge in [-0.15, -0.1) is 0 Å². The number of rotatable bonds is 4. The third-order valence-corrected chi connectivity index (χ3v) is 4.89. The molecule has 0 saturated carbocycles. The first-order valence-corrected chi connectivity index (χ1v) is 9.23. The molecule has 1 N–H and O–H groups in total. The molecule has 136 valence electrons. The third-order valence-electron chi connectivity index (χ3n) is 4.89. The second-order valence-electron chi connectivity index (χ2n) is 6.86. The van der Waals surface area contributed by atoms with E-state index in [2.05, 4.69) is 52.5 Å². The second kappa shape index (κ2) is 7.50. The Morgan fingerprint density at radius 2 is 1.71 bits per heavy atom. The molecule has 0 aliphatic carbocycles. The molecule has 0 bridgehead atoms. The average Bonchev–Trinajstić information content (AvgIpc) is 2.75. The largest absolute Gasteiger partial charge is 0.377 e. The highest BCUT2D eigenvalue weighted by Crippen LogP contribution is 2.32. The minimum absolute atomic E-state index is 0.0589. The fraction of sp³-hybridized carbons (Fsp3) is 0.125. The van der Waals surface area contributed by atoms with Gasteiger partial charge in [0, 0.05) is 35.1 Å². The van der Waals surface area contributed by atoms with E-state index in [1.807, 2.05) is 49.5 Å². The fourth-order valence-corrected chi connectivity index (χ4v) is 3.29. The highest BCUT2D eigenvalue weighted by Gasteiger charge is 2.14. The van der Waals surface area contributed by atoms with Gasteiger partial charge in [-0.3, -0.25) is 9.97 Å². The topological polar surface area (TPSA) is 61.6 Å². The normalized spacial score (nSPS) is 11.8. The van der Waals surface area contributed by atoms with Crippen molar-refractivity contribution in [3.05, 3.63) is 89.9 Å². The van der Waals surface area contributed by atoms with Crippen molar-refractivity contribution in [1.82, 2.24) is 9.97 Å². The van der Waals surface area contributed by atoms with Crippen LogP contribution in [0.2, 0.25) is 0 Å². The van der Waals surface area contributed by atoms with Gasteiger partial charge in [0.1, 0.15) is 6.07 Å². The van der Waals surface area contributed by atoms with E-state index in [1.54, 1.807) is 6.20 Å². The number of aromatic nitrogens is 2. The summed E-state index contributed by atoms with van der Waals surface area (Å²) in [5.41, 5.74) is 6.43. The highest BCUT2D eigenvalue weighted by molar-refractivity contribution is 5.96. The van der Waals surface area contributed by atoms with Crippen LogP contribution >= 0.6 is 0 Å². The average molecular weight is 364 g/mol. The van der Waals surface area contributed by atoms with Crippen molar-refractivity contribution in [2.75, 3.05) is 5.32 Å². The van der Waals surface area contributed by atoms with Gasteiger partial charge in [0.25, 0.3) is 0 Å². The second-order valence-corrected chi connectivity index (χ2v) is 6.86. The van der Waals surface area contributed by atoms with E-state index in [4.69, 9.17) is 0 Å². The third kappa shape index (κ3) is 3.43. The zero-order valence-corrected chi connectivity index (χ0v) is 15.8. The molecule has 1 atom stereocenters. The number of nitriles is 1. The maximum absolute atomic E-state index is 9.64. The van der Waals surface area contributed by atoms with Crippen molar-refractivity contribution < 1.29 is 0 Å². The van der Waals surface area contributed by atoms with E-state index in [0.29, 0.717) is 5.56 Å². The van der Waals surface area contributed by atoms with Crippen molar-refractivity contribution in [3.8, 4) is 17.2 Å². The van der Waals surface area contributed by atoms with Crippen molar-refractivity contribution in [2.24, 2.45) is 0 Å². The standard InChI is InChI=1S/C24H20N4/c1-16-8-9-20(14-26-16)19-10-11-23-22(12-19)24(21(13-25)15-27-23)28-17(2)18-6-4-3-5-7-18/h3-12,14-15,17H,1-2H3,(H,27,28). The molecule has 4 heteroatoms. The minimum atomic E-state index is 0.0589. The number of hydrogen-bond acceptors (Lipinski definition) is 4. The van der Waals surface area contributed by atoms with Gasteiger partial charge in [0.15, 0.2) is 0 Å². The van der Waals surface area contributed by atoms with E-state index < -0.39 is 0 Å². The first-order chi connectivity index (χ1) is 13.7. The summed E-state index contributed by atoms with van der Waals surface area (Å²) in [5, 5.41) is 14.1. The van der Waals surface area contributed by atoms with Gasteiger partial charge in [0.05, 0.1) is 16.8 Å². The van der Waals surface area contributed by atoms with Crippen molar-refractivity contribution in [3.63, 3.8) is 0 Å². The predicted octanol–water partition coefficient (Wildman–Crippen LogP) is 5.65. The maximum Gasteiger partial charge on any atom is 0.103 e. The van der Waals surface area contributed by atoms with Crippen LogP contribution in [-0.4, -0.2) is 9.97 Å². The molecule has 0 fully saturated rings.